The highest BCUT2D eigenvalue weighted by Gasteiger charge is 2.29. The van der Waals surface area contributed by atoms with E-state index in [4.69, 9.17) is 0 Å². The highest BCUT2D eigenvalue weighted by molar-refractivity contribution is 7.99. The second-order valence-electron chi connectivity index (χ2n) is 3.07. The van der Waals surface area contributed by atoms with E-state index in [1.807, 2.05) is 25.6 Å². The Hall–Kier alpha value is -0.250. The van der Waals surface area contributed by atoms with Gasteiger partial charge in [-0.2, -0.15) is 11.8 Å². The fourth-order valence-electron chi connectivity index (χ4n) is 1.00. The van der Waals surface area contributed by atoms with Gasteiger partial charge in [-0.25, -0.2) is 0 Å². The van der Waals surface area contributed by atoms with Crippen LogP contribution in [0, 0.1) is 4.91 Å². The minimum absolute atomic E-state index is 0.0370. The molecule has 0 aliphatic carbocycles. The molecule has 4 heteroatoms. The molecule has 58 valence electrons. The normalized spacial score (nSPS) is 24.4. The molecule has 1 aliphatic heterocycles. The maximum absolute atomic E-state index is 10.2. The molecule has 0 aromatic rings. The van der Waals surface area contributed by atoms with Crippen LogP contribution in [0.15, 0.2) is 5.29 Å². The van der Waals surface area contributed by atoms with Gasteiger partial charge < -0.3 is 0 Å². The molecular formula is C6H12N2OS. The Bertz CT molecular complexity index is 138. The standard InChI is InChI=1S/C6H12N2OS/c1-6(2)5-10-4-3-8(6)7-9/h3-5H2,1-2H3. The molecule has 3 nitrogen and oxygen atoms in total. The zero-order chi connectivity index (χ0) is 7.61. The van der Waals surface area contributed by atoms with Crippen LogP contribution in [0.5, 0.6) is 0 Å². The third-order valence-corrected chi connectivity index (χ3v) is 3.08. The summed E-state index contributed by atoms with van der Waals surface area (Å²) in [5, 5.41) is 4.60. The van der Waals surface area contributed by atoms with E-state index in [2.05, 4.69) is 5.29 Å². The average Bonchev–Trinajstić information content (AvgIpc) is 1.87. The minimum Gasteiger partial charge on any atom is -0.254 e. The Morgan fingerprint density at radius 3 is 2.70 bits per heavy atom. The van der Waals surface area contributed by atoms with Crippen molar-refractivity contribution in [2.24, 2.45) is 5.29 Å². The average molecular weight is 160 g/mol. The van der Waals surface area contributed by atoms with Crippen LogP contribution < -0.4 is 0 Å². The predicted molar refractivity (Wildman–Crippen MR) is 43.9 cm³/mol. The Morgan fingerprint density at radius 2 is 2.30 bits per heavy atom. The highest BCUT2D eigenvalue weighted by Crippen LogP contribution is 2.25. The number of nitrogens with zero attached hydrogens (tertiary/aromatic N) is 2. The second-order valence-corrected chi connectivity index (χ2v) is 4.17. The molecule has 1 aliphatic rings. The van der Waals surface area contributed by atoms with Crippen molar-refractivity contribution in [1.82, 2.24) is 5.01 Å². The van der Waals surface area contributed by atoms with Gasteiger partial charge in [0.15, 0.2) is 0 Å². The second kappa shape index (κ2) is 2.78. The van der Waals surface area contributed by atoms with E-state index in [0.717, 1.165) is 18.1 Å². The first kappa shape index (κ1) is 7.85. The quantitative estimate of drug-likeness (QED) is 0.545. The first-order valence-electron chi connectivity index (χ1n) is 3.35. The van der Waals surface area contributed by atoms with E-state index in [9.17, 15) is 4.91 Å². The van der Waals surface area contributed by atoms with Crippen molar-refractivity contribution in [2.75, 3.05) is 18.1 Å². The van der Waals surface area contributed by atoms with Gasteiger partial charge in [0, 0.05) is 18.1 Å². The third kappa shape index (κ3) is 1.42. The lowest BCUT2D eigenvalue weighted by atomic mass is 10.1. The molecule has 0 radical (unpaired) electrons. The monoisotopic (exact) mass is 160 g/mol. The predicted octanol–water partition coefficient (Wildman–Crippen LogP) is 1.50. The van der Waals surface area contributed by atoms with Crippen molar-refractivity contribution >= 4 is 11.8 Å². The van der Waals surface area contributed by atoms with E-state index < -0.39 is 0 Å². The Balaban J connectivity index is 2.59. The molecule has 0 amide bonds. The van der Waals surface area contributed by atoms with Gasteiger partial charge in [0.05, 0.1) is 10.8 Å². The van der Waals surface area contributed by atoms with Gasteiger partial charge in [0.2, 0.25) is 0 Å². The Morgan fingerprint density at radius 1 is 1.60 bits per heavy atom. The summed E-state index contributed by atoms with van der Waals surface area (Å²) in [6.45, 7) is 4.88. The van der Waals surface area contributed by atoms with Gasteiger partial charge in [-0.3, -0.25) is 5.01 Å². The molecule has 0 aromatic heterocycles. The fourth-order valence-corrected chi connectivity index (χ4v) is 2.10. The molecule has 0 spiro atoms. The van der Waals surface area contributed by atoms with Crippen molar-refractivity contribution < 1.29 is 0 Å². The fraction of sp³-hybridized carbons (Fsp3) is 1.00. The highest BCUT2D eigenvalue weighted by atomic mass is 32.2. The maximum atomic E-state index is 10.2. The van der Waals surface area contributed by atoms with Crippen LogP contribution in [0.4, 0.5) is 0 Å². The Kier molecular flexibility index (Phi) is 2.18. The molecule has 1 saturated heterocycles. The SMILES string of the molecule is CC1(C)CSCCN1N=O. The number of thioether (sulfide) groups is 1. The zero-order valence-electron chi connectivity index (χ0n) is 6.33. The van der Waals surface area contributed by atoms with Crippen LogP contribution in [0.1, 0.15) is 13.8 Å². The largest absolute Gasteiger partial charge is 0.254 e. The molecule has 0 bridgehead atoms. The topological polar surface area (TPSA) is 32.7 Å². The lowest BCUT2D eigenvalue weighted by Gasteiger charge is -2.37. The number of hydrogen-bond acceptors (Lipinski definition) is 3. The maximum Gasteiger partial charge on any atom is 0.0645 e. The summed E-state index contributed by atoms with van der Waals surface area (Å²) in [6.07, 6.45) is 0. The minimum atomic E-state index is -0.0370. The van der Waals surface area contributed by atoms with Crippen molar-refractivity contribution in [1.29, 1.82) is 0 Å². The van der Waals surface area contributed by atoms with Crippen molar-refractivity contribution in [3.05, 3.63) is 4.91 Å². The summed E-state index contributed by atoms with van der Waals surface area (Å²) in [7, 11) is 0. The molecule has 1 heterocycles. The van der Waals surface area contributed by atoms with Crippen LogP contribution >= 0.6 is 11.8 Å². The van der Waals surface area contributed by atoms with E-state index in [1.54, 1.807) is 5.01 Å². The van der Waals surface area contributed by atoms with Crippen LogP contribution in [-0.2, 0) is 0 Å². The van der Waals surface area contributed by atoms with Gasteiger partial charge in [-0.05, 0) is 13.8 Å². The summed E-state index contributed by atoms with van der Waals surface area (Å²) in [5.41, 5.74) is -0.0370. The molecular weight excluding hydrogens is 148 g/mol. The summed E-state index contributed by atoms with van der Waals surface area (Å²) < 4.78 is 0. The van der Waals surface area contributed by atoms with Crippen LogP contribution in [0.2, 0.25) is 0 Å². The molecule has 0 unspecified atom stereocenters. The third-order valence-electron chi connectivity index (χ3n) is 1.70. The van der Waals surface area contributed by atoms with Gasteiger partial charge in [-0.1, -0.05) is 0 Å². The molecule has 1 fully saturated rings. The number of rotatable bonds is 1. The summed E-state index contributed by atoms with van der Waals surface area (Å²) in [5.74, 6) is 2.02. The van der Waals surface area contributed by atoms with E-state index in [1.165, 1.54) is 0 Å². The molecule has 10 heavy (non-hydrogen) atoms. The molecule has 0 atom stereocenters. The smallest absolute Gasteiger partial charge is 0.0645 e. The lowest BCUT2D eigenvalue weighted by Crippen LogP contribution is -2.46. The van der Waals surface area contributed by atoms with Crippen LogP contribution in [0.3, 0.4) is 0 Å². The van der Waals surface area contributed by atoms with Crippen molar-refractivity contribution in [3.8, 4) is 0 Å². The first-order chi connectivity index (χ1) is 4.67. The van der Waals surface area contributed by atoms with E-state index in [0.29, 0.717) is 0 Å². The lowest BCUT2D eigenvalue weighted by molar-refractivity contribution is 0.148. The van der Waals surface area contributed by atoms with Gasteiger partial charge >= 0.3 is 0 Å². The summed E-state index contributed by atoms with van der Waals surface area (Å²) in [6, 6.07) is 0. The van der Waals surface area contributed by atoms with Gasteiger partial charge in [0.1, 0.15) is 0 Å². The Labute approximate surface area is 65.1 Å². The van der Waals surface area contributed by atoms with Gasteiger partial charge in [-0.15, -0.1) is 4.91 Å². The molecule has 1 rings (SSSR count). The van der Waals surface area contributed by atoms with E-state index in [-0.39, 0.29) is 5.54 Å². The molecule has 0 N–H and O–H groups in total. The van der Waals surface area contributed by atoms with E-state index >= 15 is 0 Å². The van der Waals surface area contributed by atoms with Crippen LogP contribution in [-0.4, -0.2) is 28.6 Å². The van der Waals surface area contributed by atoms with Crippen molar-refractivity contribution in [3.63, 3.8) is 0 Å². The number of nitroso groups, excluding NO2 is 1. The molecule has 0 saturated carbocycles. The zero-order valence-corrected chi connectivity index (χ0v) is 7.15. The molecule has 0 aromatic carbocycles. The first-order valence-corrected chi connectivity index (χ1v) is 4.51. The van der Waals surface area contributed by atoms with Crippen molar-refractivity contribution in [2.45, 2.75) is 19.4 Å². The van der Waals surface area contributed by atoms with Crippen LogP contribution in [0.25, 0.3) is 0 Å². The summed E-state index contributed by atoms with van der Waals surface area (Å²) >= 11 is 1.88. The van der Waals surface area contributed by atoms with Gasteiger partial charge in [0.25, 0.3) is 0 Å². The number of hydrogen-bond donors (Lipinski definition) is 0. The summed E-state index contributed by atoms with van der Waals surface area (Å²) in [4.78, 5) is 10.2.